The Labute approximate surface area is 196 Å². The molecule has 0 bridgehead atoms. The quantitative estimate of drug-likeness (QED) is 0.427. The number of carbonyl (C=O) groups is 2. The van der Waals surface area contributed by atoms with Crippen molar-refractivity contribution >= 4 is 29.1 Å². The molecule has 0 heterocycles. The summed E-state index contributed by atoms with van der Waals surface area (Å²) in [5.41, 5.74) is 5.50. The molecule has 3 N–H and O–H groups in total. The summed E-state index contributed by atoms with van der Waals surface area (Å²) in [5, 5.41) is 3.08. The number of nitrogen functional groups attached to an aromatic ring is 1. The number of ether oxygens (including phenoxy) is 3. The Morgan fingerprint density at radius 2 is 1.81 bits per heavy atom. The van der Waals surface area contributed by atoms with E-state index < -0.39 is 5.60 Å². The van der Waals surface area contributed by atoms with Crippen molar-refractivity contribution < 1.29 is 23.8 Å². The number of methoxy groups -OCH3 is 2. The Bertz CT molecular complexity index is 783. The Kier molecular flexibility index (Phi) is 10.7. The molecular weight excluding hydrogens is 434 g/mol. The van der Waals surface area contributed by atoms with Crippen LogP contribution in [0.1, 0.15) is 57.8 Å². The average Bonchev–Trinajstić information content (AvgIpc) is 2.71. The van der Waals surface area contributed by atoms with Gasteiger partial charge in [0.05, 0.1) is 47.6 Å². The van der Waals surface area contributed by atoms with Crippen LogP contribution in [0.4, 0.5) is 5.69 Å². The van der Waals surface area contributed by atoms with E-state index in [0.717, 1.165) is 6.42 Å². The highest BCUT2D eigenvalue weighted by Gasteiger charge is 2.27. The lowest BCUT2D eigenvalue weighted by Crippen LogP contribution is -2.42. The van der Waals surface area contributed by atoms with E-state index in [9.17, 15) is 9.59 Å². The van der Waals surface area contributed by atoms with Crippen molar-refractivity contribution in [3.8, 4) is 5.75 Å². The molecule has 0 radical (unpaired) electrons. The largest absolute Gasteiger partial charge is 0.496 e. The van der Waals surface area contributed by atoms with E-state index in [2.05, 4.69) is 5.32 Å². The van der Waals surface area contributed by atoms with Crippen LogP contribution in [0.2, 0.25) is 5.02 Å². The molecule has 2 amide bonds. The van der Waals surface area contributed by atoms with Crippen molar-refractivity contribution in [2.45, 2.75) is 58.7 Å². The minimum Gasteiger partial charge on any atom is -0.496 e. The highest BCUT2D eigenvalue weighted by atomic mass is 35.5. The number of nitrogens with two attached hydrogens (primary N) is 1. The van der Waals surface area contributed by atoms with Gasteiger partial charge in [-0.1, -0.05) is 11.6 Å². The lowest BCUT2D eigenvalue weighted by molar-refractivity contribution is -0.138. The van der Waals surface area contributed by atoms with Crippen LogP contribution in [0.3, 0.4) is 0 Å². The van der Waals surface area contributed by atoms with E-state index in [4.69, 9.17) is 31.5 Å². The molecule has 0 spiro atoms. The van der Waals surface area contributed by atoms with Gasteiger partial charge in [-0.05, 0) is 47.1 Å². The molecule has 0 fully saturated rings. The number of hydrogen-bond acceptors (Lipinski definition) is 6. The van der Waals surface area contributed by atoms with Crippen molar-refractivity contribution in [3.63, 3.8) is 0 Å². The van der Waals surface area contributed by atoms with E-state index in [1.54, 1.807) is 12.0 Å². The number of nitrogens with one attached hydrogen (secondary N) is 1. The second-order valence-corrected chi connectivity index (χ2v) is 9.21. The highest BCUT2D eigenvalue weighted by Crippen LogP contribution is 2.28. The summed E-state index contributed by atoms with van der Waals surface area (Å²) in [6.07, 6.45) is 0.965. The number of amides is 2. The maximum Gasteiger partial charge on any atom is 0.255 e. The normalized spacial score (nSPS) is 11.9. The van der Waals surface area contributed by atoms with Crippen LogP contribution in [-0.4, -0.2) is 68.4 Å². The molecule has 0 aliphatic carbocycles. The van der Waals surface area contributed by atoms with Gasteiger partial charge in [0.1, 0.15) is 5.75 Å². The van der Waals surface area contributed by atoms with Gasteiger partial charge in [-0.25, -0.2) is 0 Å². The Balaban J connectivity index is 2.60. The monoisotopic (exact) mass is 471 g/mol. The van der Waals surface area contributed by atoms with Crippen LogP contribution in [0.15, 0.2) is 12.1 Å². The molecule has 0 aliphatic rings. The molecule has 32 heavy (non-hydrogen) atoms. The predicted octanol–water partition coefficient (Wildman–Crippen LogP) is 3.51. The number of rotatable bonds is 13. The van der Waals surface area contributed by atoms with E-state index in [1.807, 2.05) is 34.6 Å². The molecule has 1 aromatic rings. The van der Waals surface area contributed by atoms with Crippen molar-refractivity contribution in [1.29, 1.82) is 0 Å². The second-order valence-electron chi connectivity index (χ2n) is 8.80. The zero-order valence-electron chi connectivity index (χ0n) is 20.3. The number of carbonyl (C=O) groups excluding carboxylic acids is 2. The maximum absolute atomic E-state index is 12.8. The summed E-state index contributed by atoms with van der Waals surface area (Å²) in [6.45, 7) is 11.4. The Hall–Kier alpha value is -2.03. The molecule has 182 valence electrons. The molecule has 8 nitrogen and oxygen atoms in total. The SMILES string of the molecule is CCN(CCNC(=O)c1cc(Cl)c(N)cc1OC)C(=O)CC(C)(C)OCCC(C)(C)OC. The van der Waals surface area contributed by atoms with Gasteiger partial charge in [-0.2, -0.15) is 0 Å². The van der Waals surface area contributed by atoms with E-state index >= 15 is 0 Å². The molecule has 0 saturated heterocycles. The first-order chi connectivity index (χ1) is 14.9. The fourth-order valence-electron chi connectivity index (χ4n) is 2.98. The molecule has 0 saturated carbocycles. The highest BCUT2D eigenvalue weighted by molar-refractivity contribution is 6.33. The van der Waals surface area contributed by atoms with Crippen LogP contribution in [0.5, 0.6) is 5.75 Å². The summed E-state index contributed by atoms with van der Waals surface area (Å²) >= 11 is 6.03. The molecule has 1 rings (SSSR count). The molecule has 0 atom stereocenters. The molecular formula is C23H38ClN3O5. The van der Waals surface area contributed by atoms with Crippen LogP contribution in [0, 0.1) is 0 Å². The van der Waals surface area contributed by atoms with E-state index in [-0.39, 0.29) is 41.0 Å². The summed E-state index contributed by atoms with van der Waals surface area (Å²) < 4.78 is 16.6. The zero-order chi connectivity index (χ0) is 24.5. The number of anilines is 1. The first kappa shape index (κ1) is 28.0. The summed E-state index contributed by atoms with van der Waals surface area (Å²) in [6, 6.07) is 2.98. The fourth-order valence-corrected chi connectivity index (χ4v) is 3.14. The molecule has 0 aromatic heterocycles. The molecule has 1 aromatic carbocycles. The Morgan fingerprint density at radius 1 is 1.16 bits per heavy atom. The lowest BCUT2D eigenvalue weighted by atomic mass is 10.0. The zero-order valence-corrected chi connectivity index (χ0v) is 21.1. The van der Waals surface area contributed by atoms with E-state index in [1.165, 1.54) is 19.2 Å². The van der Waals surface area contributed by atoms with Crippen molar-refractivity contribution in [1.82, 2.24) is 10.2 Å². The molecule has 9 heteroatoms. The van der Waals surface area contributed by atoms with Crippen molar-refractivity contribution in [2.75, 3.05) is 46.2 Å². The topological polar surface area (TPSA) is 103 Å². The lowest BCUT2D eigenvalue weighted by Gasteiger charge is -2.30. The summed E-state index contributed by atoms with van der Waals surface area (Å²) in [7, 11) is 3.13. The number of halogens is 1. The van der Waals surface area contributed by atoms with Gasteiger partial charge in [0, 0.05) is 32.8 Å². The number of nitrogens with zero attached hydrogens (tertiary/aromatic N) is 1. The van der Waals surface area contributed by atoms with Crippen LogP contribution in [0.25, 0.3) is 0 Å². The third-order valence-corrected chi connectivity index (χ3v) is 5.62. The van der Waals surface area contributed by atoms with Crippen LogP contribution < -0.4 is 15.8 Å². The van der Waals surface area contributed by atoms with E-state index in [0.29, 0.717) is 31.1 Å². The standard InChI is InChI=1S/C23H38ClN3O5/c1-8-27(20(28)15-23(4,5)32-12-9-22(2,3)31-7)11-10-26-21(29)16-13-17(24)18(25)14-19(16)30-6/h13-14H,8-12,15,25H2,1-7H3,(H,26,29). The maximum atomic E-state index is 12.8. The van der Waals surface area contributed by atoms with Gasteiger partial charge in [0.2, 0.25) is 5.91 Å². The minimum absolute atomic E-state index is 0.0362. The average molecular weight is 472 g/mol. The predicted molar refractivity (Wildman–Crippen MR) is 127 cm³/mol. The van der Waals surface area contributed by atoms with Crippen molar-refractivity contribution in [2.24, 2.45) is 0 Å². The fraction of sp³-hybridized carbons (Fsp3) is 0.652. The summed E-state index contributed by atoms with van der Waals surface area (Å²) in [4.78, 5) is 27.0. The smallest absolute Gasteiger partial charge is 0.255 e. The number of likely N-dealkylation sites (N-methyl/N-ethyl adjacent to an activating group) is 1. The van der Waals surface area contributed by atoms with Gasteiger partial charge >= 0.3 is 0 Å². The summed E-state index contributed by atoms with van der Waals surface area (Å²) in [5.74, 6) is -0.0501. The number of benzene rings is 1. The molecule has 0 unspecified atom stereocenters. The minimum atomic E-state index is -0.605. The van der Waals surface area contributed by atoms with Crippen LogP contribution in [-0.2, 0) is 14.3 Å². The van der Waals surface area contributed by atoms with Gasteiger partial charge < -0.3 is 30.2 Å². The third-order valence-electron chi connectivity index (χ3n) is 5.29. The Morgan fingerprint density at radius 3 is 2.38 bits per heavy atom. The van der Waals surface area contributed by atoms with Gasteiger partial charge in [0.25, 0.3) is 5.91 Å². The first-order valence-electron chi connectivity index (χ1n) is 10.7. The van der Waals surface area contributed by atoms with Crippen LogP contribution >= 0.6 is 11.6 Å². The molecule has 0 aliphatic heterocycles. The second kappa shape index (κ2) is 12.3. The van der Waals surface area contributed by atoms with Crippen molar-refractivity contribution in [3.05, 3.63) is 22.7 Å². The number of hydrogen-bond donors (Lipinski definition) is 2. The van der Waals surface area contributed by atoms with Gasteiger partial charge in [0.15, 0.2) is 0 Å². The van der Waals surface area contributed by atoms with Gasteiger partial charge in [-0.3, -0.25) is 9.59 Å². The van der Waals surface area contributed by atoms with Gasteiger partial charge in [-0.15, -0.1) is 0 Å². The third kappa shape index (κ3) is 8.84. The first-order valence-corrected chi connectivity index (χ1v) is 11.1.